The van der Waals surface area contributed by atoms with E-state index in [1.807, 2.05) is 6.92 Å². The van der Waals surface area contributed by atoms with Gasteiger partial charge in [0.2, 0.25) is 11.8 Å². The predicted molar refractivity (Wildman–Crippen MR) is 127 cm³/mol. The maximum Gasteiger partial charge on any atom is 0.251 e. The van der Waals surface area contributed by atoms with Crippen molar-refractivity contribution in [3.8, 4) is 5.75 Å². The summed E-state index contributed by atoms with van der Waals surface area (Å²) in [5, 5.41) is 26.5. The predicted octanol–water partition coefficient (Wildman–Crippen LogP) is 1.19. The van der Waals surface area contributed by atoms with Crippen LogP contribution in [0.2, 0.25) is 0 Å². The van der Waals surface area contributed by atoms with Gasteiger partial charge in [0.05, 0.1) is 26.2 Å². The molecule has 0 aromatic heterocycles. The second-order valence-electron chi connectivity index (χ2n) is 7.76. The van der Waals surface area contributed by atoms with Crippen molar-refractivity contribution in [2.75, 3.05) is 19.7 Å². The summed E-state index contributed by atoms with van der Waals surface area (Å²) in [6.07, 6.45) is 0.358. The largest absolute Gasteiger partial charge is 0.493 e. The number of carbonyl (C=O) groups is 3. The fraction of sp³-hybridized carbons (Fsp3) is 0.400. The van der Waals surface area contributed by atoms with Crippen molar-refractivity contribution in [1.82, 2.24) is 16.0 Å². The number of amides is 3. The molecule has 0 spiro atoms. The van der Waals surface area contributed by atoms with Gasteiger partial charge >= 0.3 is 0 Å². The van der Waals surface area contributed by atoms with E-state index in [4.69, 9.17) is 9.84 Å². The third-order valence-electron chi connectivity index (χ3n) is 5.21. The summed E-state index contributed by atoms with van der Waals surface area (Å²) < 4.78 is 5.59. The fourth-order valence-electron chi connectivity index (χ4n) is 3.21. The van der Waals surface area contributed by atoms with Crippen molar-refractivity contribution in [2.45, 2.75) is 45.9 Å². The van der Waals surface area contributed by atoms with Crippen molar-refractivity contribution in [3.63, 3.8) is 0 Å². The van der Waals surface area contributed by atoms with Crippen molar-refractivity contribution < 1.29 is 29.3 Å². The average Bonchev–Trinajstić information content (AvgIpc) is 2.83. The minimum Gasteiger partial charge on any atom is -0.493 e. The maximum absolute atomic E-state index is 12.5. The Morgan fingerprint density at radius 1 is 1.00 bits per heavy atom. The summed E-state index contributed by atoms with van der Waals surface area (Å²) >= 11 is 0. The summed E-state index contributed by atoms with van der Waals surface area (Å²) in [5.74, 6) is -0.358. The van der Waals surface area contributed by atoms with Crippen molar-refractivity contribution in [2.24, 2.45) is 0 Å². The number of rotatable bonds is 13. The molecule has 0 aliphatic rings. The first-order valence-electron chi connectivity index (χ1n) is 11.3. The van der Waals surface area contributed by atoms with Gasteiger partial charge in [0.15, 0.2) is 0 Å². The first-order valence-corrected chi connectivity index (χ1v) is 11.3. The standard InChI is InChI=1S/C25H33N3O6/c1-3-26-25(33)22(28-24(32)19-6-4-18(15-29)5-7-19)10-12-27-23(31)11-13-34-21-9-8-20(16-30)17(2)14-21/h4-9,14,22,29-30H,3,10-13,15-16H2,1-2H3,(H,26,33)(H,27,31)(H,28,32). The number of aliphatic hydroxyl groups is 2. The molecule has 5 N–H and O–H groups in total. The summed E-state index contributed by atoms with van der Waals surface area (Å²) in [6, 6.07) is 11.0. The van der Waals surface area contributed by atoms with Crippen LogP contribution in [0.5, 0.6) is 5.75 Å². The van der Waals surface area contributed by atoms with Crippen LogP contribution in [0.25, 0.3) is 0 Å². The molecule has 2 aromatic rings. The molecule has 1 unspecified atom stereocenters. The third-order valence-corrected chi connectivity index (χ3v) is 5.21. The monoisotopic (exact) mass is 471 g/mol. The lowest BCUT2D eigenvalue weighted by Gasteiger charge is -2.18. The average molecular weight is 472 g/mol. The van der Waals surface area contributed by atoms with E-state index in [0.717, 1.165) is 11.1 Å². The zero-order valence-corrected chi connectivity index (χ0v) is 19.6. The van der Waals surface area contributed by atoms with Gasteiger partial charge in [-0.15, -0.1) is 0 Å². The molecular weight excluding hydrogens is 438 g/mol. The van der Waals surface area contributed by atoms with E-state index in [2.05, 4.69) is 16.0 Å². The number of nitrogens with one attached hydrogen (secondary N) is 3. The molecular formula is C25H33N3O6. The fourth-order valence-corrected chi connectivity index (χ4v) is 3.21. The van der Waals surface area contributed by atoms with Crippen LogP contribution < -0.4 is 20.7 Å². The number of benzene rings is 2. The third kappa shape index (κ3) is 8.49. The molecule has 0 heterocycles. The summed E-state index contributed by atoms with van der Waals surface area (Å²) in [4.78, 5) is 37.1. The number of aryl methyl sites for hydroxylation is 1. The van der Waals surface area contributed by atoms with Gasteiger partial charge in [-0.3, -0.25) is 14.4 Å². The molecule has 184 valence electrons. The quantitative estimate of drug-likeness (QED) is 0.298. The molecule has 9 nitrogen and oxygen atoms in total. The van der Waals surface area contributed by atoms with Gasteiger partial charge in [0.1, 0.15) is 11.8 Å². The molecule has 0 radical (unpaired) electrons. The van der Waals surface area contributed by atoms with E-state index in [-0.39, 0.29) is 51.0 Å². The van der Waals surface area contributed by atoms with Crippen molar-refractivity contribution in [3.05, 3.63) is 64.7 Å². The van der Waals surface area contributed by atoms with Gasteiger partial charge in [0.25, 0.3) is 5.91 Å². The Bertz CT molecular complexity index is 962. The van der Waals surface area contributed by atoms with Crippen LogP contribution in [0.4, 0.5) is 0 Å². The molecule has 0 saturated carbocycles. The topological polar surface area (TPSA) is 137 Å². The number of carbonyl (C=O) groups excluding carboxylic acids is 3. The number of hydrogen-bond donors (Lipinski definition) is 5. The summed E-state index contributed by atoms with van der Waals surface area (Å²) in [5.41, 5.74) is 2.78. The summed E-state index contributed by atoms with van der Waals surface area (Å²) in [6.45, 7) is 4.30. The second kappa shape index (κ2) is 14.0. The normalized spacial score (nSPS) is 11.4. The molecule has 0 bridgehead atoms. The van der Waals surface area contributed by atoms with Crippen molar-refractivity contribution >= 4 is 17.7 Å². The molecule has 2 rings (SSSR count). The van der Waals surface area contributed by atoms with Crippen LogP contribution in [0.1, 0.15) is 46.8 Å². The van der Waals surface area contributed by atoms with Gasteiger partial charge in [0, 0.05) is 18.7 Å². The van der Waals surface area contributed by atoms with E-state index in [0.29, 0.717) is 23.4 Å². The highest BCUT2D eigenvalue weighted by Crippen LogP contribution is 2.17. The summed E-state index contributed by atoms with van der Waals surface area (Å²) in [7, 11) is 0. The lowest BCUT2D eigenvalue weighted by molar-refractivity contribution is -0.124. The maximum atomic E-state index is 12.5. The molecule has 0 aliphatic heterocycles. The van der Waals surface area contributed by atoms with E-state index in [1.165, 1.54) is 0 Å². The molecule has 0 fully saturated rings. The molecule has 0 aliphatic carbocycles. The van der Waals surface area contributed by atoms with Crippen LogP contribution in [-0.4, -0.2) is 53.7 Å². The lowest BCUT2D eigenvalue weighted by atomic mass is 10.1. The number of likely N-dealkylation sites (N-methyl/N-ethyl adjacent to an activating group) is 1. The molecule has 1 atom stereocenters. The Labute approximate surface area is 199 Å². The first kappa shape index (κ1) is 26.8. The highest BCUT2D eigenvalue weighted by molar-refractivity contribution is 5.97. The van der Waals surface area contributed by atoms with Crippen LogP contribution in [-0.2, 0) is 22.8 Å². The zero-order valence-electron chi connectivity index (χ0n) is 19.6. The van der Waals surface area contributed by atoms with Gasteiger partial charge in [-0.2, -0.15) is 0 Å². The van der Waals surface area contributed by atoms with E-state index in [9.17, 15) is 19.5 Å². The highest BCUT2D eigenvalue weighted by atomic mass is 16.5. The van der Waals surface area contributed by atoms with Gasteiger partial charge < -0.3 is 30.9 Å². The zero-order chi connectivity index (χ0) is 24.9. The van der Waals surface area contributed by atoms with Crippen LogP contribution in [0.15, 0.2) is 42.5 Å². The Balaban J connectivity index is 1.81. The minimum absolute atomic E-state index is 0.0394. The van der Waals surface area contributed by atoms with E-state index >= 15 is 0 Å². The van der Waals surface area contributed by atoms with Gasteiger partial charge in [-0.25, -0.2) is 0 Å². The Kier molecular flexibility index (Phi) is 11.0. The molecule has 2 aromatic carbocycles. The molecule has 34 heavy (non-hydrogen) atoms. The number of aliphatic hydroxyl groups excluding tert-OH is 2. The Morgan fingerprint density at radius 3 is 2.35 bits per heavy atom. The van der Waals surface area contributed by atoms with Gasteiger partial charge in [-0.05, 0) is 61.2 Å². The van der Waals surface area contributed by atoms with E-state index in [1.54, 1.807) is 49.4 Å². The van der Waals surface area contributed by atoms with Crippen LogP contribution in [0.3, 0.4) is 0 Å². The highest BCUT2D eigenvalue weighted by Gasteiger charge is 2.21. The van der Waals surface area contributed by atoms with Crippen molar-refractivity contribution in [1.29, 1.82) is 0 Å². The van der Waals surface area contributed by atoms with E-state index < -0.39 is 11.9 Å². The SMILES string of the molecule is CCNC(=O)C(CCNC(=O)CCOc1ccc(CO)c(C)c1)NC(=O)c1ccc(CO)cc1. The van der Waals surface area contributed by atoms with Crippen LogP contribution in [0, 0.1) is 6.92 Å². The number of hydrogen-bond acceptors (Lipinski definition) is 6. The molecule has 9 heteroatoms. The van der Waals surface area contributed by atoms with Crippen LogP contribution >= 0.6 is 0 Å². The number of ether oxygens (including phenoxy) is 1. The molecule has 3 amide bonds. The second-order valence-corrected chi connectivity index (χ2v) is 7.76. The smallest absolute Gasteiger partial charge is 0.251 e. The minimum atomic E-state index is -0.811. The van der Waals surface area contributed by atoms with Gasteiger partial charge in [-0.1, -0.05) is 18.2 Å². The lowest BCUT2D eigenvalue weighted by Crippen LogP contribution is -2.48. The Hall–Kier alpha value is -3.43. The Morgan fingerprint density at radius 2 is 1.74 bits per heavy atom. The first-order chi connectivity index (χ1) is 16.4. The molecule has 0 saturated heterocycles.